The second kappa shape index (κ2) is 7.63. The van der Waals surface area contributed by atoms with E-state index < -0.39 is 0 Å². The minimum absolute atomic E-state index is 0.0282. The molecule has 0 radical (unpaired) electrons. The Kier molecular flexibility index (Phi) is 6.42. The van der Waals surface area contributed by atoms with Gasteiger partial charge in [0.05, 0.1) is 6.10 Å². The zero-order valence-corrected chi connectivity index (χ0v) is 10.1. The van der Waals surface area contributed by atoms with Gasteiger partial charge in [-0.3, -0.25) is 4.79 Å². The lowest BCUT2D eigenvalue weighted by Gasteiger charge is -2.25. The second-order valence-electron chi connectivity index (χ2n) is 4.53. The van der Waals surface area contributed by atoms with Crippen molar-refractivity contribution in [2.24, 2.45) is 5.92 Å². The molecule has 0 aliphatic heterocycles. The first kappa shape index (κ1) is 13.5. The van der Waals surface area contributed by atoms with Gasteiger partial charge in [-0.05, 0) is 38.0 Å². The number of carbonyl (C=O) groups is 1. The van der Waals surface area contributed by atoms with Crippen LogP contribution in [0.15, 0.2) is 0 Å². The molecule has 0 atom stereocenters. The third-order valence-electron chi connectivity index (χ3n) is 2.99. The summed E-state index contributed by atoms with van der Waals surface area (Å²) in [6, 6.07) is 0. The minimum atomic E-state index is -0.125. The fraction of sp³-hybridized carbons (Fsp3) is 0.917. The monoisotopic (exact) mass is 229 g/mol. The number of carbonyl (C=O) groups excluding carboxylic acids is 1. The van der Waals surface area contributed by atoms with Crippen LogP contribution in [0.1, 0.15) is 39.0 Å². The number of nitrogens with one attached hydrogen (secondary N) is 1. The predicted molar refractivity (Wildman–Crippen MR) is 62.1 cm³/mol. The van der Waals surface area contributed by atoms with Crippen LogP contribution in [-0.4, -0.2) is 36.9 Å². The molecule has 1 rings (SSSR count). The van der Waals surface area contributed by atoms with Gasteiger partial charge >= 0.3 is 0 Å². The summed E-state index contributed by atoms with van der Waals surface area (Å²) in [6.45, 7) is 3.55. The molecule has 0 saturated heterocycles. The Morgan fingerprint density at radius 2 is 2.06 bits per heavy atom. The van der Waals surface area contributed by atoms with Gasteiger partial charge in [0.25, 0.3) is 0 Å². The van der Waals surface area contributed by atoms with E-state index in [1.54, 1.807) is 0 Å². The normalized spacial score (nSPS) is 25.4. The Balaban J connectivity index is 2.03. The largest absolute Gasteiger partial charge is 0.393 e. The van der Waals surface area contributed by atoms with E-state index in [4.69, 9.17) is 4.74 Å². The third-order valence-corrected chi connectivity index (χ3v) is 2.99. The molecule has 2 N–H and O–H groups in total. The standard InChI is InChI=1S/C12H23NO3/c1-2-7-16-9-12(15)13-8-10-3-5-11(14)6-4-10/h10-11,14H,2-9H2,1H3,(H,13,15). The van der Waals surface area contributed by atoms with Crippen molar-refractivity contribution in [2.75, 3.05) is 19.8 Å². The Hall–Kier alpha value is -0.610. The molecule has 0 unspecified atom stereocenters. The first-order valence-corrected chi connectivity index (χ1v) is 6.25. The average molecular weight is 229 g/mol. The number of rotatable bonds is 6. The van der Waals surface area contributed by atoms with Crippen molar-refractivity contribution in [3.05, 3.63) is 0 Å². The molecule has 0 aromatic carbocycles. The van der Waals surface area contributed by atoms with Gasteiger partial charge in [-0.1, -0.05) is 6.92 Å². The lowest BCUT2D eigenvalue weighted by atomic mass is 9.87. The quantitative estimate of drug-likeness (QED) is 0.670. The average Bonchev–Trinajstić information content (AvgIpc) is 2.29. The van der Waals surface area contributed by atoms with Crippen molar-refractivity contribution in [1.82, 2.24) is 5.32 Å². The molecule has 0 heterocycles. The Morgan fingerprint density at radius 3 is 2.69 bits per heavy atom. The summed E-state index contributed by atoms with van der Waals surface area (Å²) in [7, 11) is 0. The van der Waals surface area contributed by atoms with Gasteiger partial charge in [-0.15, -0.1) is 0 Å². The van der Waals surface area contributed by atoms with Crippen molar-refractivity contribution in [3.63, 3.8) is 0 Å². The maximum absolute atomic E-state index is 11.3. The van der Waals surface area contributed by atoms with Gasteiger partial charge in [0.1, 0.15) is 6.61 Å². The first-order chi connectivity index (χ1) is 7.72. The van der Waals surface area contributed by atoms with Crippen LogP contribution in [0.3, 0.4) is 0 Å². The smallest absolute Gasteiger partial charge is 0.246 e. The highest BCUT2D eigenvalue weighted by molar-refractivity contribution is 5.77. The molecule has 1 saturated carbocycles. The molecular formula is C12H23NO3. The summed E-state index contributed by atoms with van der Waals surface area (Å²) in [4.78, 5) is 11.3. The zero-order valence-electron chi connectivity index (χ0n) is 10.1. The minimum Gasteiger partial charge on any atom is -0.393 e. The molecule has 4 heteroatoms. The number of hydrogen-bond acceptors (Lipinski definition) is 3. The summed E-state index contributed by atoms with van der Waals surface area (Å²) < 4.78 is 5.15. The molecule has 1 aliphatic rings. The number of amides is 1. The SMILES string of the molecule is CCCOCC(=O)NCC1CCC(O)CC1. The van der Waals surface area contributed by atoms with E-state index in [0.717, 1.165) is 38.6 Å². The van der Waals surface area contributed by atoms with E-state index in [1.807, 2.05) is 6.92 Å². The zero-order chi connectivity index (χ0) is 11.8. The Bertz CT molecular complexity index is 200. The molecule has 4 nitrogen and oxygen atoms in total. The molecule has 94 valence electrons. The van der Waals surface area contributed by atoms with E-state index in [9.17, 15) is 9.90 Å². The molecule has 0 aromatic heterocycles. The van der Waals surface area contributed by atoms with Crippen LogP contribution >= 0.6 is 0 Å². The van der Waals surface area contributed by atoms with E-state index in [0.29, 0.717) is 12.5 Å². The maximum Gasteiger partial charge on any atom is 0.246 e. The predicted octanol–water partition coefficient (Wildman–Crippen LogP) is 1.08. The van der Waals surface area contributed by atoms with Gasteiger partial charge in [0.2, 0.25) is 5.91 Å². The van der Waals surface area contributed by atoms with E-state index in [2.05, 4.69) is 5.32 Å². The van der Waals surface area contributed by atoms with E-state index >= 15 is 0 Å². The van der Waals surface area contributed by atoms with Crippen LogP contribution in [0.4, 0.5) is 0 Å². The van der Waals surface area contributed by atoms with Crippen molar-refractivity contribution >= 4 is 5.91 Å². The molecule has 1 aliphatic carbocycles. The number of aliphatic hydroxyl groups is 1. The van der Waals surface area contributed by atoms with Crippen LogP contribution in [0.2, 0.25) is 0 Å². The number of aliphatic hydroxyl groups excluding tert-OH is 1. The molecule has 0 bridgehead atoms. The van der Waals surface area contributed by atoms with Crippen LogP contribution in [-0.2, 0) is 9.53 Å². The molecular weight excluding hydrogens is 206 g/mol. The molecule has 0 spiro atoms. The summed E-state index contributed by atoms with van der Waals surface area (Å²) >= 11 is 0. The van der Waals surface area contributed by atoms with Gasteiger partial charge in [-0.25, -0.2) is 0 Å². The molecule has 1 fully saturated rings. The van der Waals surface area contributed by atoms with Crippen LogP contribution in [0.25, 0.3) is 0 Å². The van der Waals surface area contributed by atoms with Crippen LogP contribution < -0.4 is 5.32 Å². The highest BCUT2D eigenvalue weighted by atomic mass is 16.5. The van der Waals surface area contributed by atoms with Gasteiger partial charge in [0, 0.05) is 13.2 Å². The molecule has 16 heavy (non-hydrogen) atoms. The summed E-state index contributed by atoms with van der Waals surface area (Å²) in [6.07, 6.45) is 4.57. The third kappa shape index (κ3) is 5.47. The first-order valence-electron chi connectivity index (χ1n) is 6.25. The summed E-state index contributed by atoms with van der Waals surface area (Å²) in [5.41, 5.74) is 0. The number of ether oxygens (including phenoxy) is 1. The lowest BCUT2D eigenvalue weighted by molar-refractivity contribution is -0.125. The van der Waals surface area contributed by atoms with Crippen molar-refractivity contribution in [1.29, 1.82) is 0 Å². The van der Waals surface area contributed by atoms with Gasteiger partial charge in [-0.2, -0.15) is 0 Å². The van der Waals surface area contributed by atoms with E-state index in [-0.39, 0.29) is 18.6 Å². The molecule has 1 amide bonds. The van der Waals surface area contributed by atoms with Crippen LogP contribution in [0.5, 0.6) is 0 Å². The summed E-state index contributed by atoms with van der Waals surface area (Å²) in [5.74, 6) is 0.498. The fourth-order valence-corrected chi connectivity index (χ4v) is 1.97. The Labute approximate surface area is 97.4 Å². The second-order valence-corrected chi connectivity index (χ2v) is 4.53. The van der Waals surface area contributed by atoms with Crippen molar-refractivity contribution < 1.29 is 14.6 Å². The Morgan fingerprint density at radius 1 is 1.38 bits per heavy atom. The van der Waals surface area contributed by atoms with Gasteiger partial charge < -0.3 is 15.2 Å². The van der Waals surface area contributed by atoms with Crippen molar-refractivity contribution in [3.8, 4) is 0 Å². The highest BCUT2D eigenvalue weighted by Gasteiger charge is 2.19. The fourth-order valence-electron chi connectivity index (χ4n) is 1.97. The highest BCUT2D eigenvalue weighted by Crippen LogP contribution is 2.23. The number of hydrogen-bond donors (Lipinski definition) is 2. The van der Waals surface area contributed by atoms with E-state index in [1.165, 1.54) is 0 Å². The molecule has 0 aromatic rings. The maximum atomic E-state index is 11.3. The lowest BCUT2D eigenvalue weighted by Crippen LogP contribution is -2.34. The summed E-state index contributed by atoms with van der Waals surface area (Å²) in [5, 5.41) is 12.2. The topological polar surface area (TPSA) is 58.6 Å². The van der Waals surface area contributed by atoms with Gasteiger partial charge in [0.15, 0.2) is 0 Å². The van der Waals surface area contributed by atoms with Crippen molar-refractivity contribution in [2.45, 2.75) is 45.1 Å². The van der Waals surface area contributed by atoms with Crippen LogP contribution in [0, 0.1) is 5.92 Å².